The van der Waals surface area contributed by atoms with Crippen LogP contribution < -0.4 is 0 Å². The summed E-state index contributed by atoms with van der Waals surface area (Å²) >= 11 is 2.10. The van der Waals surface area contributed by atoms with Crippen LogP contribution in [0.3, 0.4) is 0 Å². The maximum atomic E-state index is 9.28. The number of hydrogen-bond acceptors (Lipinski definition) is 2. The highest BCUT2D eigenvalue weighted by Gasteiger charge is 2.33. The summed E-state index contributed by atoms with van der Waals surface area (Å²) in [4.78, 5) is 0. The summed E-state index contributed by atoms with van der Waals surface area (Å²) in [6.45, 7) is 0. The fourth-order valence-electron chi connectivity index (χ4n) is 1.83. The lowest BCUT2D eigenvalue weighted by molar-refractivity contribution is 0.156. The molecular formula is C7H12OS. The number of rotatable bonds is 0. The lowest BCUT2D eigenvalue weighted by atomic mass is 10.1. The van der Waals surface area contributed by atoms with Gasteiger partial charge in [-0.15, -0.1) is 0 Å². The van der Waals surface area contributed by atoms with Gasteiger partial charge in [0, 0.05) is 10.5 Å². The maximum absolute atomic E-state index is 9.28. The van der Waals surface area contributed by atoms with Crippen LogP contribution in [0.15, 0.2) is 0 Å². The van der Waals surface area contributed by atoms with Crippen molar-refractivity contribution in [1.29, 1.82) is 0 Å². The molecule has 0 aliphatic carbocycles. The standard InChI is InChI=1S/C7H12OS/c8-5-3-6-1-2-7(4-5)9-6/h5-8H,1-4H2/t6-,7-/m1/s1. The molecule has 2 bridgehead atoms. The van der Waals surface area contributed by atoms with E-state index in [4.69, 9.17) is 0 Å². The van der Waals surface area contributed by atoms with E-state index < -0.39 is 0 Å². The third-order valence-corrected chi connectivity index (χ3v) is 3.89. The predicted molar refractivity (Wildman–Crippen MR) is 39.6 cm³/mol. The van der Waals surface area contributed by atoms with Gasteiger partial charge < -0.3 is 5.11 Å². The van der Waals surface area contributed by atoms with E-state index >= 15 is 0 Å². The number of fused-ring (bicyclic) bond motifs is 2. The van der Waals surface area contributed by atoms with Crippen LogP contribution in [0.4, 0.5) is 0 Å². The predicted octanol–water partition coefficient (Wildman–Crippen LogP) is 1.41. The maximum Gasteiger partial charge on any atom is 0.0561 e. The van der Waals surface area contributed by atoms with E-state index in [1.165, 1.54) is 12.8 Å². The third kappa shape index (κ3) is 1.10. The molecule has 2 rings (SSSR count). The Morgan fingerprint density at radius 2 is 1.67 bits per heavy atom. The SMILES string of the molecule is OC1C[C@H]2CC[C@H](C1)S2. The van der Waals surface area contributed by atoms with E-state index in [-0.39, 0.29) is 6.10 Å². The summed E-state index contributed by atoms with van der Waals surface area (Å²) in [5.74, 6) is 0. The van der Waals surface area contributed by atoms with E-state index in [0.29, 0.717) is 0 Å². The molecule has 0 aromatic rings. The van der Waals surface area contributed by atoms with Crippen molar-refractivity contribution in [3.05, 3.63) is 0 Å². The molecule has 2 saturated heterocycles. The molecule has 2 fully saturated rings. The highest BCUT2D eigenvalue weighted by atomic mass is 32.2. The van der Waals surface area contributed by atoms with Crippen LogP contribution in [0.1, 0.15) is 25.7 Å². The first-order chi connectivity index (χ1) is 4.34. The summed E-state index contributed by atoms with van der Waals surface area (Å²) in [5, 5.41) is 10.9. The van der Waals surface area contributed by atoms with Crippen LogP contribution in [0, 0.1) is 0 Å². The van der Waals surface area contributed by atoms with Crippen LogP contribution in [0.2, 0.25) is 0 Å². The summed E-state index contributed by atoms with van der Waals surface area (Å²) in [7, 11) is 0. The summed E-state index contributed by atoms with van der Waals surface area (Å²) in [6, 6.07) is 0. The lowest BCUT2D eigenvalue weighted by Crippen LogP contribution is -2.20. The van der Waals surface area contributed by atoms with Crippen LogP contribution in [0.5, 0.6) is 0 Å². The first-order valence-electron chi connectivity index (χ1n) is 3.68. The second-order valence-electron chi connectivity index (χ2n) is 3.08. The van der Waals surface area contributed by atoms with E-state index in [9.17, 15) is 5.11 Å². The Kier molecular flexibility index (Phi) is 1.46. The second-order valence-corrected chi connectivity index (χ2v) is 4.69. The fraction of sp³-hybridized carbons (Fsp3) is 1.00. The molecule has 0 amide bonds. The average molecular weight is 144 g/mol. The van der Waals surface area contributed by atoms with Crippen molar-refractivity contribution in [2.24, 2.45) is 0 Å². The Bertz CT molecular complexity index is 103. The van der Waals surface area contributed by atoms with Crippen LogP contribution >= 0.6 is 11.8 Å². The zero-order chi connectivity index (χ0) is 6.27. The minimum absolute atomic E-state index is 0.0312. The fourth-order valence-corrected chi connectivity index (χ4v) is 3.59. The van der Waals surface area contributed by atoms with E-state index in [0.717, 1.165) is 23.3 Å². The van der Waals surface area contributed by atoms with Crippen molar-refractivity contribution < 1.29 is 5.11 Å². The van der Waals surface area contributed by atoms with Crippen LogP contribution in [0.25, 0.3) is 0 Å². The Balaban J connectivity index is 2.03. The highest BCUT2D eigenvalue weighted by molar-refractivity contribution is 8.00. The monoisotopic (exact) mass is 144 g/mol. The second kappa shape index (κ2) is 2.17. The minimum Gasteiger partial charge on any atom is -0.393 e. The minimum atomic E-state index is 0.0312. The Morgan fingerprint density at radius 1 is 1.11 bits per heavy atom. The molecule has 2 heteroatoms. The van der Waals surface area contributed by atoms with Crippen molar-refractivity contribution in [3.8, 4) is 0 Å². The van der Waals surface area contributed by atoms with Gasteiger partial charge >= 0.3 is 0 Å². The van der Waals surface area contributed by atoms with Crippen molar-refractivity contribution in [1.82, 2.24) is 0 Å². The van der Waals surface area contributed by atoms with E-state index in [2.05, 4.69) is 11.8 Å². The Morgan fingerprint density at radius 3 is 2.22 bits per heavy atom. The van der Waals surface area contributed by atoms with Gasteiger partial charge in [0.05, 0.1) is 6.10 Å². The van der Waals surface area contributed by atoms with Gasteiger partial charge in [-0.25, -0.2) is 0 Å². The number of aliphatic hydroxyl groups is 1. The molecule has 0 spiro atoms. The molecule has 0 saturated carbocycles. The zero-order valence-corrected chi connectivity index (χ0v) is 6.23. The first-order valence-corrected chi connectivity index (χ1v) is 4.62. The van der Waals surface area contributed by atoms with Crippen molar-refractivity contribution in [2.45, 2.75) is 42.3 Å². The molecule has 2 aliphatic rings. The first kappa shape index (κ1) is 6.05. The molecule has 2 heterocycles. The van der Waals surface area contributed by atoms with Crippen molar-refractivity contribution in [3.63, 3.8) is 0 Å². The van der Waals surface area contributed by atoms with Gasteiger partial charge in [-0.05, 0) is 25.7 Å². The van der Waals surface area contributed by atoms with Gasteiger partial charge in [0.15, 0.2) is 0 Å². The Hall–Kier alpha value is 0.310. The van der Waals surface area contributed by atoms with Crippen molar-refractivity contribution in [2.75, 3.05) is 0 Å². The van der Waals surface area contributed by atoms with Gasteiger partial charge in [0.1, 0.15) is 0 Å². The largest absolute Gasteiger partial charge is 0.393 e. The van der Waals surface area contributed by atoms with Crippen LogP contribution in [-0.4, -0.2) is 21.7 Å². The van der Waals surface area contributed by atoms with Gasteiger partial charge in [-0.2, -0.15) is 11.8 Å². The highest BCUT2D eigenvalue weighted by Crippen LogP contribution is 2.43. The molecule has 0 unspecified atom stereocenters. The number of hydrogen-bond donors (Lipinski definition) is 1. The molecule has 9 heavy (non-hydrogen) atoms. The quantitative estimate of drug-likeness (QED) is 0.554. The molecule has 1 nitrogen and oxygen atoms in total. The molecule has 0 aromatic heterocycles. The molecule has 1 N–H and O–H groups in total. The molecule has 2 atom stereocenters. The summed E-state index contributed by atoms with van der Waals surface area (Å²) in [6.07, 6.45) is 4.85. The van der Waals surface area contributed by atoms with Gasteiger partial charge in [-0.1, -0.05) is 0 Å². The van der Waals surface area contributed by atoms with Gasteiger partial charge in [-0.3, -0.25) is 0 Å². The van der Waals surface area contributed by atoms with Crippen molar-refractivity contribution >= 4 is 11.8 Å². The van der Waals surface area contributed by atoms with E-state index in [1.807, 2.05) is 0 Å². The summed E-state index contributed by atoms with van der Waals surface area (Å²) < 4.78 is 0. The third-order valence-electron chi connectivity index (χ3n) is 2.27. The Labute approximate surface area is 59.8 Å². The molecule has 0 aromatic carbocycles. The lowest BCUT2D eigenvalue weighted by Gasteiger charge is -2.22. The zero-order valence-electron chi connectivity index (χ0n) is 5.42. The smallest absolute Gasteiger partial charge is 0.0561 e. The number of aliphatic hydroxyl groups excluding tert-OH is 1. The molecule has 0 radical (unpaired) electrons. The normalized spacial score (nSPS) is 49.7. The molecule has 2 aliphatic heterocycles. The van der Waals surface area contributed by atoms with E-state index in [1.54, 1.807) is 0 Å². The van der Waals surface area contributed by atoms with Gasteiger partial charge in [0.25, 0.3) is 0 Å². The van der Waals surface area contributed by atoms with Gasteiger partial charge in [0.2, 0.25) is 0 Å². The number of thioether (sulfide) groups is 1. The van der Waals surface area contributed by atoms with Crippen LogP contribution in [-0.2, 0) is 0 Å². The summed E-state index contributed by atoms with van der Waals surface area (Å²) in [5.41, 5.74) is 0. The average Bonchev–Trinajstić information content (AvgIpc) is 2.11. The molecular weight excluding hydrogens is 132 g/mol. The molecule has 52 valence electrons. The topological polar surface area (TPSA) is 20.2 Å².